The summed E-state index contributed by atoms with van der Waals surface area (Å²) in [6.45, 7) is 1.76. The summed E-state index contributed by atoms with van der Waals surface area (Å²) >= 11 is 0.167. The molecule has 0 radical (unpaired) electrons. The highest BCUT2D eigenvalue weighted by molar-refractivity contribution is 7.94. The number of hydrogen-bond donors (Lipinski definition) is 1. The number of anilines is 1. The predicted octanol–water partition coefficient (Wildman–Crippen LogP) is 1.95. The molecule has 0 aromatic carbocycles. The quantitative estimate of drug-likeness (QED) is 0.679. The van der Waals surface area contributed by atoms with E-state index in [2.05, 4.69) is 4.98 Å². The summed E-state index contributed by atoms with van der Waals surface area (Å²) < 4.78 is 12.0. The Labute approximate surface area is 62.9 Å². The molecular weight excluding hydrogens is 151 g/mol. The molecule has 10 heavy (non-hydrogen) atoms. The third-order valence-corrected chi connectivity index (χ3v) is 1.87. The number of nitrogens with two attached hydrogens (primary N) is 1. The van der Waals surface area contributed by atoms with E-state index >= 15 is 0 Å². The topological polar surface area (TPSA) is 38.9 Å². The van der Waals surface area contributed by atoms with Crippen molar-refractivity contribution >= 4 is 17.8 Å². The number of halogens is 1. The molecule has 0 saturated carbocycles. The minimum Gasteiger partial charge on any atom is -0.397 e. The second kappa shape index (κ2) is 2.88. The Morgan fingerprint density at radius 2 is 2.30 bits per heavy atom. The molecule has 1 aromatic heterocycles. The van der Waals surface area contributed by atoms with Gasteiger partial charge in [0.15, 0.2) is 0 Å². The fourth-order valence-electron chi connectivity index (χ4n) is 0.599. The molecule has 1 heterocycles. The smallest absolute Gasteiger partial charge is 0.0832 e. The molecule has 54 valence electrons. The number of rotatable bonds is 1. The highest BCUT2D eigenvalue weighted by atomic mass is 32.2. The summed E-state index contributed by atoms with van der Waals surface area (Å²) in [6, 6.07) is 0. The molecule has 1 aromatic rings. The van der Waals surface area contributed by atoms with E-state index < -0.39 is 0 Å². The summed E-state index contributed by atoms with van der Waals surface area (Å²) in [7, 11) is 0. The van der Waals surface area contributed by atoms with Crippen molar-refractivity contribution < 1.29 is 3.89 Å². The first-order valence-corrected chi connectivity index (χ1v) is 3.46. The molecule has 0 fully saturated rings. The molecule has 4 heteroatoms. The zero-order chi connectivity index (χ0) is 7.56. The summed E-state index contributed by atoms with van der Waals surface area (Å²) in [4.78, 5) is 4.22. The van der Waals surface area contributed by atoms with Crippen molar-refractivity contribution in [2.45, 2.75) is 11.8 Å². The van der Waals surface area contributed by atoms with Crippen LogP contribution in [0.5, 0.6) is 0 Å². The van der Waals surface area contributed by atoms with E-state index in [1.54, 1.807) is 6.92 Å². The Hall–Kier alpha value is -0.770. The van der Waals surface area contributed by atoms with Crippen molar-refractivity contribution in [2.24, 2.45) is 0 Å². The van der Waals surface area contributed by atoms with E-state index in [9.17, 15) is 3.89 Å². The highest BCUT2D eigenvalue weighted by Crippen LogP contribution is 2.24. The standard InChI is InChI=1S/C6H7FN2S/c1-4-5(8)2-9-3-6(4)10-7/h2-3H,8H2,1H3. The van der Waals surface area contributed by atoms with Gasteiger partial charge < -0.3 is 5.73 Å². The van der Waals surface area contributed by atoms with E-state index in [0.717, 1.165) is 5.56 Å². The number of nitrogen functional groups attached to an aromatic ring is 1. The van der Waals surface area contributed by atoms with Crippen LogP contribution in [0.4, 0.5) is 9.57 Å². The fourth-order valence-corrected chi connectivity index (χ4v) is 0.933. The number of pyridine rings is 1. The number of hydrogen-bond acceptors (Lipinski definition) is 3. The lowest BCUT2D eigenvalue weighted by atomic mass is 10.3. The van der Waals surface area contributed by atoms with Crippen molar-refractivity contribution in [3.63, 3.8) is 0 Å². The Bertz CT molecular complexity index is 239. The Morgan fingerprint density at radius 3 is 2.80 bits per heavy atom. The van der Waals surface area contributed by atoms with Gasteiger partial charge >= 0.3 is 0 Å². The lowest BCUT2D eigenvalue weighted by Gasteiger charge is -2.00. The van der Waals surface area contributed by atoms with Gasteiger partial charge in [0.05, 0.1) is 28.9 Å². The van der Waals surface area contributed by atoms with E-state index in [4.69, 9.17) is 5.73 Å². The lowest BCUT2D eigenvalue weighted by Crippen LogP contribution is -1.91. The van der Waals surface area contributed by atoms with Crippen LogP contribution in [-0.4, -0.2) is 4.98 Å². The molecule has 0 bridgehead atoms. The van der Waals surface area contributed by atoms with Gasteiger partial charge in [-0.25, -0.2) is 0 Å². The van der Waals surface area contributed by atoms with E-state index in [-0.39, 0.29) is 12.1 Å². The lowest BCUT2D eigenvalue weighted by molar-refractivity contribution is 0.929. The number of nitrogens with zero attached hydrogens (tertiary/aromatic N) is 1. The average molecular weight is 158 g/mol. The molecule has 1 rings (SSSR count). The van der Waals surface area contributed by atoms with E-state index in [0.29, 0.717) is 10.6 Å². The van der Waals surface area contributed by atoms with Crippen molar-refractivity contribution in [1.29, 1.82) is 0 Å². The van der Waals surface area contributed by atoms with Crippen molar-refractivity contribution in [2.75, 3.05) is 5.73 Å². The zero-order valence-corrected chi connectivity index (χ0v) is 6.28. The third-order valence-electron chi connectivity index (χ3n) is 1.29. The maximum atomic E-state index is 12.0. The van der Waals surface area contributed by atoms with Crippen LogP contribution in [0.3, 0.4) is 0 Å². The largest absolute Gasteiger partial charge is 0.397 e. The molecule has 2 N–H and O–H groups in total. The molecule has 0 saturated heterocycles. The maximum absolute atomic E-state index is 12.0. The first-order chi connectivity index (χ1) is 4.75. The Morgan fingerprint density at radius 1 is 1.60 bits per heavy atom. The normalized spacial score (nSPS) is 9.80. The zero-order valence-electron chi connectivity index (χ0n) is 5.47. The van der Waals surface area contributed by atoms with Gasteiger partial charge in [0.25, 0.3) is 0 Å². The second-order valence-corrected chi connectivity index (χ2v) is 2.52. The van der Waals surface area contributed by atoms with Gasteiger partial charge in [-0.05, 0) is 12.5 Å². The van der Waals surface area contributed by atoms with Crippen molar-refractivity contribution in [3.05, 3.63) is 18.0 Å². The van der Waals surface area contributed by atoms with Crippen LogP contribution in [-0.2, 0) is 0 Å². The summed E-state index contributed by atoms with van der Waals surface area (Å²) in [5.74, 6) is 0. The molecule has 0 aliphatic heterocycles. The molecular formula is C6H7FN2S. The van der Waals surface area contributed by atoms with Crippen molar-refractivity contribution in [3.8, 4) is 0 Å². The first-order valence-electron chi connectivity index (χ1n) is 2.74. The van der Waals surface area contributed by atoms with Crippen LogP contribution in [0.25, 0.3) is 0 Å². The minimum absolute atomic E-state index is 0.167. The Kier molecular flexibility index (Phi) is 2.11. The van der Waals surface area contributed by atoms with Crippen LogP contribution < -0.4 is 5.73 Å². The summed E-state index contributed by atoms with van der Waals surface area (Å²) in [5.41, 5.74) is 6.74. The van der Waals surface area contributed by atoms with Gasteiger partial charge in [-0.15, -0.1) is 0 Å². The van der Waals surface area contributed by atoms with Crippen molar-refractivity contribution in [1.82, 2.24) is 4.98 Å². The molecule has 0 aliphatic rings. The summed E-state index contributed by atoms with van der Waals surface area (Å²) in [5, 5.41) is 0. The molecule has 0 spiro atoms. The third kappa shape index (κ3) is 1.21. The Balaban J connectivity index is 3.14. The fraction of sp³-hybridized carbons (Fsp3) is 0.167. The van der Waals surface area contributed by atoms with Crippen LogP contribution in [0.2, 0.25) is 0 Å². The summed E-state index contributed by atoms with van der Waals surface area (Å²) in [6.07, 6.45) is 2.96. The minimum atomic E-state index is 0.167. The van der Waals surface area contributed by atoms with Crippen LogP contribution in [0.15, 0.2) is 17.3 Å². The molecule has 2 nitrogen and oxygen atoms in total. The van der Waals surface area contributed by atoms with Gasteiger partial charge in [-0.2, -0.15) is 3.89 Å². The van der Waals surface area contributed by atoms with Gasteiger partial charge in [-0.1, -0.05) is 0 Å². The van der Waals surface area contributed by atoms with E-state index in [1.807, 2.05) is 0 Å². The van der Waals surface area contributed by atoms with Gasteiger partial charge in [0.1, 0.15) is 0 Å². The predicted molar refractivity (Wildman–Crippen MR) is 40.4 cm³/mol. The van der Waals surface area contributed by atoms with Gasteiger partial charge in [0.2, 0.25) is 0 Å². The molecule has 0 unspecified atom stereocenters. The first kappa shape index (κ1) is 7.34. The van der Waals surface area contributed by atoms with Crippen LogP contribution in [0.1, 0.15) is 5.56 Å². The highest BCUT2D eigenvalue weighted by Gasteiger charge is 2.00. The molecule has 0 atom stereocenters. The van der Waals surface area contributed by atoms with Gasteiger partial charge in [-0.3, -0.25) is 4.98 Å². The van der Waals surface area contributed by atoms with Gasteiger partial charge in [0, 0.05) is 6.20 Å². The maximum Gasteiger partial charge on any atom is 0.0832 e. The van der Waals surface area contributed by atoms with Crippen LogP contribution in [0, 0.1) is 6.92 Å². The monoisotopic (exact) mass is 158 g/mol. The second-order valence-electron chi connectivity index (χ2n) is 1.93. The molecule has 0 amide bonds. The molecule has 0 aliphatic carbocycles. The van der Waals surface area contributed by atoms with Crippen LogP contribution >= 0.6 is 12.1 Å². The average Bonchev–Trinajstić information content (AvgIpc) is 1.95. The van der Waals surface area contributed by atoms with E-state index in [1.165, 1.54) is 12.4 Å². The SMILES string of the molecule is Cc1c(N)cncc1SF. The number of aromatic nitrogens is 1.